The van der Waals surface area contributed by atoms with E-state index in [9.17, 15) is 4.79 Å². The number of aryl methyl sites for hydroxylation is 1. The van der Waals surface area contributed by atoms with Gasteiger partial charge in [-0.05, 0) is 42.0 Å². The van der Waals surface area contributed by atoms with Gasteiger partial charge in [-0.2, -0.15) is 0 Å². The van der Waals surface area contributed by atoms with Crippen LogP contribution < -0.4 is 5.32 Å². The van der Waals surface area contributed by atoms with Crippen LogP contribution in [0.25, 0.3) is 22.5 Å². The highest BCUT2D eigenvalue weighted by molar-refractivity contribution is 7.12. The van der Waals surface area contributed by atoms with Crippen LogP contribution in [0.15, 0.2) is 66.0 Å². The third-order valence-corrected chi connectivity index (χ3v) is 6.36. The van der Waals surface area contributed by atoms with E-state index in [2.05, 4.69) is 20.1 Å². The van der Waals surface area contributed by atoms with E-state index in [1.807, 2.05) is 66.0 Å². The number of aromatic nitrogens is 3. The van der Waals surface area contributed by atoms with E-state index in [0.717, 1.165) is 53.4 Å². The van der Waals surface area contributed by atoms with Gasteiger partial charge in [0.1, 0.15) is 5.82 Å². The van der Waals surface area contributed by atoms with E-state index in [0.29, 0.717) is 4.88 Å². The third kappa shape index (κ3) is 3.66. The summed E-state index contributed by atoms with van der Waals surface area (Å²) in [6.07, 6.45) is 4.52. The maximum Gasteiger partial charge on any atom is 0.266 e. The number of anilines is 1. The Labute approximate surface area is 179 Å². The first-order valence-electron chi connectivity index (χ1n) is 10.3. The van der Waals surface area contributed by atoms with Crippen molar-refractivity contribution < 1.29 is 4.79 Å². The number of carbonyl (C=O) groups excluding carboxylic acids is 1. The number of fused-ring (bicyclic) bond motifs is 1. The number of nitrogens with zero attached hydrogens (tertiary/aromatic N) is 3. The predicted molar refractivity (Wildman–Crippen MR) is 121 cm³/mol. The molecular formula is C24H22N4OS. The standard InChI is InChI=1S/C24H22N4OS/c29-24(22-20(13-15-30-22)17-8-3-1-4-9-17)25-19-11-7-10-18(16-19)23-27-26-21-12-5-2-6-14-28(21)23/h1,3-4,7-11,13,15-16H,2,5-6,12,14H2,(H,25,29). The first-order valence-corrected chi connectivity index (χ1v) is 11.1. The highest BCUT2D eigenvalue weighted by Gasteiger charge is 2.18. The summed E-state index contributed by atoms with van der Waals surface area (Å²) in [6.45, 7) is 0.948. The van der Waals surface area contributed by atoms with Crippen molar-refractivity contribution >= 4 is 22.9 Å². The monoisotopic (exact) mass is 414 g/mol. The van der Waals surface area contributed by atoms with Crippen LogP contribution in [-0.2, 0) is 13.0 Å². The minimum atomic E-state index is -0.0962. The zero-order valence-electron chi connectivity index (χ0n) is 16.5. The number of hydrogen-bond acceptors (Lipinski definition) is 4. The van der Waals surface area contributed by atoms with Crippen LogP contribution >= 0.6 is 11.3 Å². The van der Waals surface area contributed by atoms with Gasteiger partial charge in [-0.1, -0.05) is 48.9 Å². The zero-order chi connectivity index (χ0) is 20.3. The molecule has 6 heteroatoms. The van der Waals surface area contributed by atoms with Crippen molar-refractivity contribution in [2.45, 2.75) is 32.2 Å². The molecule has 150 valence electrons. The molecule has 1 aliphatic rings. The quantitative estimate of drug-likeness (QED) is 0.469. The van der Waals surface area contributed by atoms with E-state index in [4.69, 9.17) is 0 Å². The van der Waals surface area contributed by atoms with E-state index < -0.39 is 0 Å². The van der Waals surface area contributed by atoms with Crippen LogP contribution in [0, 0.1) is 0 Å². The minimum absolute atomic E-state index is 0.0962. The molecule has 0 aliphatic carbocycles. The second-order valence-corrected chi connectivity index (χ2v) is 8.38. The average Bonchev–Trinajstić information content (AvgIpc) is 3.36. The van der Waals surface area contributed by atoms with Crippen LogP contribution in [0.1, 0.15) is 34.8 Å². The summed E-state index contributed by atoms with van der Waals surface area (Å²) in [7, 11) is 0. The maximum absolute atomic E-state index is 13.0. The van der Waals surface area contributed by atoms with E-state index in [1.54, 1.807) is 0 Å². The van der Waals surface area contributed by atoms with Crippen LogP contribution in [-0.4, -0.2) is 20.7 Å². The van der Waals surface area contributed by atoms with Gasteiger partial charge in [0.25, 0.3) is 5.91 Å². The third-order valence-electron chi connectivity index (χ3n) is 5.44. The van der Waals surface area contributed by atoms with E-state index in [-0.39, 0.29) is 5.91 Å². The molecule has 1 aliphatic heterocycles. The summed E-state index contributed by atoms with van der Waals surface area (Å²) < 4.78 is 2.22. The largest absolute Gasteiger partial charge is 0.321 e. The summed E-state index contributed by atoms with van der Waals surface area (Å²) in [5.74, 6) is 1.84. The molecule has 5 rings (SSSR count). The summed E-state index contributed by atoms with van der Waals surface area (Å²) in [6, 6.07) is 19.9. The smallest absolute Gasteiger partial charge is 0.266 e. The topological polar surface area (TPSA) is 59.8 Å². The fraction of sp³-hybridized carbons (Fsp3) is 0.208. The maximum atomic E-state index is 13.0. The van der Waals surface area contributed by atoms with Gasteiger partial charge in [0, 0.05) is 29.8 Å². The number of nitrogens with one attached hydrogen (secondary N) is 1. The van der Waals surface area contributed by atoms with Crippen LogP contribution in [0.4, 0.5) is 5.69 Å². The molecule has 2 aromatic carbocycles. The van der Waals surface area contributed by atoms with Gasteiger partial charge in [-0.3, -0.25) is 4.79 Å². The fourth-order valence-corrected chi connectivity index (χ4v) is 4.76. The Bertz CT molecular complexity index is 1180. The second-order valence-electron chi connectivity index (χ2n) is 7.47. The first kappa shape index (κ1) is 18.8. The number of hydrogen-bond donors (Lipinski definition) is 1. The number of benzene rings is 2. The molecule has 0 radical (unpaired) electrons. The Morgan fingerprint density at radius 3 is 2.70 bits per heavy atom. The van der Waals surface area contributed by atoms with Crippen molar-refractivity contribution in [2.75, 3.05) is 5.32 Å². The Morgan fingerprint density at radius 1 is 0.933 bits per heavy atom. The minimum Gasteiger partial charge on any atom is -0.321 e. The lowest BCUT2D eigenvalue weighted by molar-refractivity contribution is 0.103. The van der Waals surface area contributed by atoms with Crippen molar-refractivity contribution in [2.24, 2.45) is 0 Å². The molecule has 3 heterocycles. The van der Waals surface area contributed by atoms with Gasteiger partial charge >= 0.3 is 0 Å². The Balaban J connectivity index is 1.41. The Kier molecular flexibility index (Phi) is 5.15. The van der Waals surface area contributed by atoms with Gasteiger partial charge in [-0.15, -0.1) is 21.5 Å². The van der Waals surface area contributed by atoms with Crippen LogP contribution in [0.2, 0.25) is 0 Å². The fourth-order valence-electron chi connectivity index (χ4n) is 3.95. The summed E-state index contributed by atoms with van der Waals surface area (Å²) >= 11 is 1.46. The molecular weight excluding hydrogens is 392 g/mol. The van der Waals surface area contributed by atoms with Crippen LogP contribution in [0.5, 0.6) is 0 Å². The lowest BCUT2D eigenvalue weighted by Crippen LogP contribution is -2.11. The van der Waals surface area contributed by atoms with Crippen molar-refractivity contribution in [3.63, 3.8) is 0 Å². The molecule has 4 aromatic rings. The van der Waals surface area contributed by atoms with Gasteiger partial charge in [0.05, 0.1) is 4.88 Å². The van der Waals surface area contributed by atoms with Gasteiger partial charge < -0.3 is 9.88 Å². The second kappa shape index (κ2) is 8.24. The van der Waals surface area contributed by atoms with Crippen molar-refractivity contribution in [1.82, 2.24) is 14.8 Å². The van der Waals surface area contributed by atoms with Crippen LogP contribution in [0.3, 0.4) is 0 Å². The molecule has 0 saturated heterocycles. The molecule has 0 saturated carbocycles. The number of thiophene rings is 1. The summed E-state index contributed by atoms with van der Waals surface area (Å²) in [5, 5.41) is 13.9. The lowest BCUT2D eigenvalue weighted by atomic mass is 10.1. The number of carbonyl (C=O) groups is 1. The normalized spacial score (nSPS) is 13.5. The highest BCUT2D eigenvalue weighted by Crippen LogP contribution is 2.30. The highest BCUT2D eigenvalue weighted by atomic mass is 32.1. The Morgan fingerprint density at radius 2 is 1.80 bits per heavy atom. The molecule has 0 unspecified atom stereocenters. The van der Waals surface area contributed by atoms with E-state index >= 15 is 0 Å². The average molecular weight is 415 g/mol. The van der Waals surface area contributed by atoms with Crippen molar-refractivity contribution in [1.29, 1.82) is 0 Å². The SMILES string of the molecule is O=C(Nc1cccc(-c2nnc3n2CCCCC3)c1)c1sccc1-c1ccccc1. The van der Waals surface area contributed by atoms with Gasteiger partial charge in [0.15, 0.2) is 5.82 Å². The van der Waals surface area contributed by atoms with Gasteiger partial charge in [-0.25, -0.2) is 0 Å². The molecule has 0 spiro atoms. The molecule has 30 heavy (non-hydrogen) atoms. The summed E-state index contributed by atoms with van der Waals surface area (Å²) in [4.78, 5) is 13.7. The molecule has 0 bridgehead atoms. The molecule has 0 fully saturated rings. The molecule has 1 N–H and O–H groups in total. The zero-order valence-corrected chi connectivity index (χ0v) is 17.4. The molecule has 1 amide bonds. The van der Waals surface area contributed by atoms with Crippen molar-refractivity contribution in [3.05, 3.63) is 76.7 Å². The summed E-state index contributed by atoms with van der Waals surface area (Å²) in [5.41, 5.74) is 3.74. The predicted octanol–water partition coefficient (Wildman–Crippen LogP) is 5.65. The van der Waals surface area contributed by atoms with Gasteiger partial charge in [0.2, 0.25) is 0 Å². The Hall–Kier alpha value is -3.25. The molecule has 5 nitrogen and oxygen atoms in total. The number of rotatable bonds is 4. The first-order chi connectivity index (χ1) is 14.8. The van der Waals surface area contributed by atoms with E-state index in [1.165, 1.54) is 24.2 Å². The lowest BCUT2D eigenvalue weighted by Gasteiger charge is -2.10. The number of amides is 1. The molecule has 2 aromatic heterocycles. The molecule has 0 atom stereocenters. The van der Waals surface area contributed by atoms with Crippen molar-refractivity contribution in [3.8, 4) is 22.5 Å².